The Labute approximate surface area is 570 Å². The van der Waals surface area contributed by atoms with Crippen LogP contribution in [-0.4, -0.2) is 150 Å². The SMILES string of the molecule is Cc1ncsc1-c1ccc([C@H](C)NC(=O)[C@@H]2C[C@@H](O)CN2C(=O)[C@@H](NC(=O)CC23CC4C[C@H](C2)CC(CC(=O)N2CCN(CC#Cc5ccc(OCCCc6sc(N7CCCc8c7nnc(Nc7nc9ccccc9s7)c8C)nc6C(=O)O)c(F)c5)CC2)(C4)C3)C(C)(C)C)cc1. The summed E-state index contributed by atoms with van der Waals surface area (Å²) in [4.78, 5) is 92.8. The van der Waals surface area contributed by atoms with E-state index in [0.29, 0.717) is 97.6 Å². The predicted molar refractivity (Wildman–Crippen MR) is 369 cm³/mol. The highest BCUT2D eigenvalue weighted by Crippen LogP contribution is 2.67. The second-order valence-corrected chi connectivity index (χ2v) is 31.6. The lowest BCUT2D eigenvalue weighted by molar-refractivity contribution is -0.154. The van der Waals surface area contributed by atoms with E-state index in [1.54, 1.807) is 34.8 Å². The maximum atomic E-state index is 15.5. The van der Waals surface area contributed by atoms with E-state index >= 15 is 4.39 Å². The average molecular weight is 1360 g/mol. The number of nitrogens with zero attached hydrogens (tertiary/aromatic N) is 9. The molecule has 6 fully saturated rings. The van der Waals surface area contributed by atoms with Gasteiger partial charge in [0.25, 0.3) is 0 Å². The van der Waals surface area contributed by atoms with E-state index < -0.39 is 35.4 Å². The van der Waals surface area contributed by atoms with Gasteiger partial charge in [-0.05, 0) is 155 Å². The molecule has 5 N–H and O–H groups in total. The quantitative estimate of drug-likeness (QED) is 0.0352. The molecule has 7 aliphatic rings. The van der Waals surface area contributed by atoms with Crippen LogP contribution >= 0.6 is 34.0 Å². The van der Waals surface area contributed by atoms with Crippen molar-refractivity contribution < 1.29 is 43.3 Å². The first-order valence-electron chi connectivity index (χ1n) is 33.5. The van der Waals surface area contributed by atoms with Crippen LogP contribution in [-0.2, 0) is 32.0 Å². The Hall–Kier alpha value is -7.95. The number of fused-ring (bicyclic) bond motifs is 2. The lowest BCUT2D eigenvalue weighted by Crippen LogP contribution is -2.59. The molecule has 4 saturated carbocycles. The number of carboxylic acids is 1. The molecule has 14 rings (SSSR count). The van der Waals surface area contributed by atoms with Gasteiger partial charge >= 0.3 is 5.97 Å². The van der Waals surface area contributed by atoms with Crippen molar-refractivity contribution in [1.29, 1.82) is 0 Å². The number of carbonyl (C=O) groups is 5. The minimum absolute atomic E-state index is 0.00980. The summed E-state index contributed by atoms with van der Waals surface area (Å²) in [6.45, 7) is 15.3. The monoisotopic (exact) mass is 1360 g/mol. The van der Waals surface area contributed by atoms with Crippen molar-refractivity contribution in [1.82, 2.24) is 50.5 Å². The summed E-state index contributed by atoms with van der Waals surface area (Å²) in [6.07, 6.45) is 8.04. The summed E-state index contributed by atoms with van der Waals surface area (Å²) in [5, 5.41) is 41.1. The molecule has 0 radical (unpaired) electrons. The fourth-order valence-corrected chi connectivity index (χ4v) is 19.1. The van der Waals surface area contributed by atoms with Gasteiger partial charge in [-0.3, -0.25) is 24.1 Å². The zero-order valence-electron chi connectivity index (χ0n) is 55.2. The van der Waals surface area contributed by atoms with E-state index in [4.69, 9.17) is 4.74 Å². The maximum Gasteiger partial charge on any atom is 0.355 e. The van der Waals surface area contributed by atoms with Crippen molar-refractivity contribution in [2.75, 3.05) is 62.6 Å². The first-order valence-corrected chi connectivity index (χ1v) is 36.1. The number of benzene rings is 3. The number of hydrogen-bond donors (Lipinski definition) is 5. The van der Waals surface area contributed by atoms with Gasteiger partial charge in [0.2, 0.25) is 23.6 Å². The molecule has 8 atom stereocenters. The molecule has 7 heterocycles. The number of para-hydroxylation sites is 1. The van der Waals surface area contributed by atoms with Gasteiger partial charge in [-0.25, -0.2) is 24.1 Å². The van der Waals surface area contributed by atoms with E-state index in [-0.39, 0.29) is 77.9 Å². The molecule has 3 aromatic carbocycles. The number of nitrogens with one attached hydrogen (secondary N) is 3. The number of aromatic carboxylic acids is 1. The minimum Gasteiger partial charge on any atom is -0.491 e. The number of carboxylic acid groups (broad SMARTS) is 1. The predicted octanol–water partition coefficient (Wildman–Crippen LogP) is 11.2. The lowest BCUT2D eigenvalue weighted by atomic mass is 9.43. The number of likely N-dealkylation sites (tertiary alicyclic amines) is 1. The molecular formula is C72H83FN12O8S3. The highest BCUT2D eigenvalue weighted by Gasteiger charge is 2.59. The number of hydrogen-bond acceptors (Lipinski definition) is 18. The number of aliphatic hydroxyl groups excluding tert-OH is 1. The standard InChI is InChI=1S/C72H83FN12O8S3/c1-42-51-13-10-24-84(64(51)81-80-63(42)79-68-76-53-14-7-8-15-56(53)95-68)69-78-60(67(91)92)57(96-69)16-11-29-93-55-22-17-45(31-52(55)73)12-9-23-82-25-27-83(28-26-82)59(88)38-72-35-46-30-47(36-72)34-71(33-46,40-72)37-58(87)77-62(70(4,5)6)66(90)85-39-50(86)32-54(85)65(89)75-43(2)48-18-20-49(21-19-48)61-44(3)74-41-94-61/h7-8,14-15,17-22,31,41,43,46-47,50,54,62,86H,10-11,13,16,23-30,32-40H2,1-6H3,(H,75,89)(H,77,87)(H,91,92)(H,76,79,80)/t43-,46+,47?,50+,54-,62+,71?,72?/m0/s1. The van der Waals surface area contributed by atoms with Gasteiger partial charge in [-0.15, -0.1) is 32.9 Å². The number of ether oxygens (including phenoxy) is 1. The second-order valence-electron chi connectivity index (χ2n) is 28.7. The van der Waals surface area contributed by atoms with Gasteiger partial charge in [0.1, 0.15) is 12.1 Å². The molecular weight excluding hydrogens is 1280 g/mol. The zero-order valence-corrected chi connectivity index (χ0v) is 57.7. The molecule has 4 bridgehead atoms. The number of aliphatic hydroxyl groups is 1. The van der Waals surface area contributed by atoms with Gasteiger partial charge in [0.15, 0.2) is 39.2 Å². The summed E-state index contributed by atoms with van der Waals surface area (Å²) in [5.41, 5.74) is 6.93. The number of aromatic nitrogens is 5. The van der Waals surface area contributed by atoms with Crippen molar-refractivity contribution in [2.24, 2.45) is 28.1 Å². The molecule has 3 aliphatic heterocycles. The number of piperazine rings is 1. The number of halogens is 1. The van der Waals surface area contributed by atoms with Crippen molar-refractivity contribution in [3.05, 3.63) is 117 Å². The Balaban J connectivity index is 0.560. The van der Waals surface area contributed by atoms with Crippen LogP contribution in [0.25, 0.3) is 20.7 Å². The average Bonchev–Trinajstić information content (AvgIpc) is 0.976. The molecule has 4 amide bonds. The van der Waals surface area contributed by atoms with Crippen LogP contribution in [0.2, 0.25) is 0 Å². The van der Waals surface area contributed by atoms with Gasteiger partial charge in [0.05, 0.1) is 51.6 Å². The molecule has 24 heteroatoms. The van der Waals surface area contributed by atoms with Crippen molar-refractivity contribution in [3.8, 4) is 28.0 Å². The summed E-state index contributed by atoms with van der Waals surface area (Å²) in [6, 6.07) is 18.4. The summed E-state index contributed by atoms with van der Waals surface area (Å²) in [7, 11) is 0. The molecule has 2 saturated heterocycles. The van der Waals surface area contributed by atoms with E-state index in [1.165, 1.54) is 22.3 Å². The fraction of sp³-hybridized carbons (Fsp3) is 0.500. The third-order valence-corrected chi connectivity index (χ3v) is 23.5. The smallest absolute Gasteiger partial charge is 0.355 e. The number of rotatable bonds is 20. The molecule has 504 valence electrons. The van der Waals surface area contributed by atoms with E-state index in [2.05, 4.69) is 57.8 Å². The van der Waals surface area contributed by atoms with Crippen LogP contribution in [0, 0.1) is 59.6 Å². The largest absolute Gasteiger partial charge is 0.491 e. The molecule has 3 unspecified atom stereocenters. The number of amides is 4. The van der Waals surface area contributed by atoms with Crippen molar-refractivity contribution in [3.63, 3.8) is 0 Å². The molecule has 96 heavy (non-hydrogen) atoms. The Morgan fingerprint density at radius 3 is 2.34 bits per heavy atom. The van der Waals surface area contributed by atoms with Crippen molar-refractivity contribution >= 4 is 95.7 Å². The first kappa shape index (κ1) is 66.7. The Bertz CT molecular complexity index is 4120. The second kappa shape index (κ2) is 27.5. The van der Waals surface area contributed by atoms with E-state index in [1.807, 2.05) is 105 Å². The fourth-order valence-electron chi connectivity index (χ4n) is 16.3. The third-order valence-electron chi connectivity index (χ3n) is 20.4. The van der Waals surface area contributed by atoms with Gasteiger partial charge in [0, 0.05) is 80.1 Å². The molecule has 4 aliphatic carbocycles. The lowest BCUT2D eigenvalue weighted by Gasteiger charge is -2.62. The Morgan fingerprint density at radius 2 is 1.64 bits per heavy atom. The third kappa shape index (κ3) is 14.4. The van der Waals surface area contributed by atoms with Crippen LogP contribution in [0.3, 0.4) is 0 Å². The number of thiazole rings is 3. The summed E-state index contributed by atoms with van der Waals surface area (Å²) >= 11 is 4.43. The molecule has 0 spiro atoms. The summed E-state index contributed by atoms with van der Waals surface area (Å²) in [5.74, 6) is 6.07. The highest BCUT2D eigenvalue weighted by atomic mass is 32.1. The van der Waals surface area contributed by atoms with Gasteiger partial charge in [-0.1, -0.05) is 80.3 Å². The van der Waals surface area contributed by atoms with Crippen molar-refractivity contribution in [2.45, 2.75) is 149 Å². The normalized spacial score (nSPS) is 22.9. The zero-order chi connectivity index (χ0) is 67.2. The Morgan fingerprint density at radius 1 is 0.885 bits per heavy atom. The number of anilines is 4. The van der Waals surface area contributed by atoms with Crippen LogP contribution in [0.1, 0.15) is 148 Å². The van der Waals surface area contributed by atoms with Gasteiger partial charge < -0.3 is 45.6 Å². The van der Waals surface area contributed by atoms with Crippen LogP contribution in [0.4, 0.5) is 26.3 Å². The molecule has 4 aromatic heterocycles. The van der Waals surface area contributed by atoms with E-state index in [9.17, 15) is 34.2 Å². The first-order chi connectivity index (χ1) is 46.0. The minimum atomic E-state index is -1.12. The Kier molecular flexibility index (Phi) is 19.1. The van der Waals surface area contributed by atoms with Crippen LogP contribution < -0.4 is 25.6 Å². The molecule has 20 nitrogen and oxygen atoms in total. The number of carbonyl (C=O) groups excluding carboxylic acids is 4. The highest BCUT2D eigenvalue weighted by molar-refractivity contribution is 7.22. The maximum absolute atomic E-state index is 15.5. The van der Waals surface area contributed by atoms with Gasteiger partial charge in [-0.2, -0.15) is 0 Å². The number of aryl methyl sites for hydroxylation is 2. The van der Waals surface area contributed by atoms with Crippen LogP contribution in [0.5, 0.6) is 5.75 Å². The van der Waals surface area contributed by atoms with Crippen LogP contribution in [0.15, 0.2) is 72.2 Å². The number of β-amino-alcohol motifs (C(OH)–C–C–N with tert-alkyl or cyclic N) is 1. The summed E-state index contributed by atoms with van der Waals surface area (Å²) < 4.78 is 22.4. The van der Waals surface area contributed by atoms with E-state index in [0.717, 1.165) is 99.5 Å². The molecule has 7 aromatic rings. The topological polar surface area (TPSA) is 249 Å².